The lowest BCUT2D eigenvalue weighted by Crippen LogP contribution is -2.53. The SMILES string of the molecule is CCCC1(C(=O)OCC)CCCN1CC1CCCNC1. The quantitative estimate of drug-likeness (QED) is 0.758. The Balaban J connectivity index is 2.05. The van der Waals surface area contributed by atoms with Gasteiger partial charge in [-0.3, -0.25) is 9.69 Å². The van der Waals surface area contributed by atoms with Crippen LogP contribution < -0.4 is 5.32 Å². The molecule has 0 aromatic rings. The smallest absolute Gasteiger partial charge is 0.326 e. The van der Waals surface area contributed by atoms with E-state index in [1.165, 1.54) is 12.8 Å². The first kappa shape index (κ1) is 15.8. The third-order valence-corrected chi connectivity index (χ3v) is 4.82. The first-order chi connectivity index (χ1) is 9.73. The van der Waals surface area contributed by atoms with Crippen LogP contribution in [0, 0.1) is 5.92 Å². The lowest BCUT2D eigenvalue weighted by Gasteiger charge is -2.39. The van der Waals surface area contributed by atoms with Crippen LogP contribution in [0.5, 0.6) is 0 Å². The summed E-state index contributed by atoms with van der Waals surface area (Å²) in [5.74, 6) is 0.704. The zero-order valence-corrected chi connectivity index (χ0v) is 13.1. The molecule has 0 amide bonds. The molecule has 2 saturated heterocycles. The van der Waals surface area contributed by atoms with Crippen molar-refractivity contribution in [2.45, 2.75) is 57.9 Å². The molecule has 1 N–H and O–H groups in total. The lowest BCUT2D eigenvalue weighted by atomic mass is 9.89. The summed E-state index contributed by atoms with van der Waals surface area (Å²) in [6.07, 6.45) is 6.62. The first-order valence-electron chi connectivity index (χ1n) is 8.36. The van der Waals surface area contributed by atoms with Gasteiger partial charge < -0.3 is 10.1 Å². The zero-order valence-electron chi connectivity index (χ0n) is 13.1. The Bertz CT molecular complexity index is 316. The molecule has 4 nitrogen and oxygen atoms in total. The molecule has 2 aliphatic heterocycles. The lowest BCUT2D eigenvalue weighted by molar-refractivity contribution is -0.157. The Kier molecular flexibility index (Phi) is 5.85. The van der Waals surface area contributed by atoms with Gasteiger partial charge in [-0.25, -0.2) is 0 Å². The number of esters is 1. The fourth-order valence-electron chi connectivity index (χ4n) is 3.89. The standard InChI is InChI=1S/C16H30N2O2/c1-3-8-16(15(19)20-4-2)9-6-11-18(16)13-14-7-5-10-17-12-14/h14,17H,3-13H2,1-2H3. The number of hydrogen-bond donors (Lipinski definition) is 1. The number of ether oxygens (including phenoxy) is 1. The fraction of sp³-hybridized carbons (Fsp3) is 0.938. The van der Waals surface area contributed by atoms with Crippen molar-refractivity contribution in [1.82, 2.24) is 10.2 Å². The highest BCUT2D eigenvalue weighted by Crippen LogP contribution is 2.36. The Morgan fingerprint density at radius 2 is 2.25 bits per heavy atom. The molecule has 2 rings (SSSR count). The fourth-order valence-corrected chi connectivity index (χ4v) is 3.89. The monoisotopic (exact) mass is 282 g/mol. The molecule has 0 aromatic carbocycles. The molecule has 116 valence electrons. The van der Waals surface area contributed by atoms with Crippen LogP contribution >= 0.6 is 0 Å². The molecule has 4 heteroatoms. The van der Waals surface area contributed by atoms with Crippen LogP contribution in [0.15, 0.2) is 0 Å². The van der Waals surface area contributed by atoms with Crippen LogP contribution in [0.3, 0.4) is 0 Å². The van der Waals surface area contributed by atoms with Crippen molar-refractivity contribution in [3.05, 3.63) is 0 Å². The van der Waals surface area contributed by atoms with Crippen LogP contribution in [0.2, 0.25) is 0 Å². The van der Waals surface area contributed by atoms with E-state index < -0.39 is 0 Å². The number of hydrogen-bond acceptors (Lipinski definition) is 4. The number of nitrogens with one attached hydrogen (secondary N) is 1. The van der Waals surface area contributed by atoms with E-state index in [1.807, 2.05) is 6.92 Å². The van der Waals surface area contributed by atoms with Crippen LogP contribution in [-0.2, 0) is 9.53 Å². The molecule has 20 heavy (non-hydrogen) atoms. The van der Waals surface area contributed by atoms with E-state index in [0.717, 1.165) is 51.9 Å². The maximum atomic E-state index is 12.5. The van der Waals surface area contributed by atoms with Crippen LogP contribution in [0.1, 0.15) is 52.4 Å². The number of likely N-dealkylation sites (tertiary alicyclic amines) is 1. The van der Waals surface area contributed by atoms with Crippen LogP contribution in [-0.4, -0.2) is 49.2 Å². The van der Waals surface area contributed by atoms with Crippen LogP contribution in [0.25, 0.3) is 0 Å². The van der Waals surface area contributed by atoms with Crippen molar-refractivity contribution in [3.8, 4) is 0 Å². The number of carbonyl (C=O) groups excluding carboxylic acids is 1. The minimum atomic E-state index is -0.331. The zero-order chi connectivity index (χ0) is 14.4. The normalized spacial score (nSPS) is 31.4. The summed E-state index contributed by atoms with van der Waals surface area (Å²) in [5.41, 5.74) is -0.331. The van der Waals surface area contributed by atoms with E-state index in [9.17, 15) is 4.79 Å². The molecule has 2 unspecified atom stereocenters. The Morgan fingerprint density at radius 3 is 2.90 bits per heavy atom. The Morgan fingerprint density at radius 1 is 1.40 bits per heavy atom. The molecule has 0 spiro atoms. The van der Waals surface area contributed by atoms with Gasteiger partial charge in [-0.15, -0.1) is 0 Å². The van der Waals surface area contributed by atoms with E-state index >= 15 is 0 Å². The summed E-state index contributed by atoms with van der Waals surface area (Å²) in [6.45, 7) is 8.90. The summed E-state index contributed by atoms with van der Waals surface area (Å²) in [6, 6.07) is 0. The number of piperidine rings is 1. The predicted molar refractivity (Wildman–Crippen MR) is 80.7 cm³/mol. The average molecular weight is 282 g/mol. The molecule has 0 radical (unpaired) electrons. The average Bonchev–Trinajstić information content (AvgIpc) is 2.85. The molecular formula is C16H30N2O2. The Labute approximate surface area is 123 Å². The number of carbonyl (C=O) groups is 1. The van der Waals surface area contributed by atoms with Gasteiger partial charge in [0.2, 0.25) is 0 Å². The minimum Gasteiger partial charge on any atom is -0.465 e. The van der Waals surface area contributed by atoms with Gasteiger partial charge in [0, 0.05) is 6.54 Å². The second kappa shape index (κ2) is 7.41. The summed E-state index contributed by atoms with van der Waals surface area (Å²) in [4.78, 5) is 15.0. The first-order valence-corrected chi connectivity index (χ1v) is 8.36. The highest BCUT2D eigenvalue weighted by Gasteiger charge is 2.48. The predicted octanol–water partition coefficient (Wildman–Crippen LogP) is 2.18. The molecule has 2 atom stereocenters. The van der Waals surface area contributed by atoms with Gasteiger partial charge in [0.15, 0.2) is 0 Å². The van der Waals surface area contributed by atoms with Crippen molar-refractivity contribution in [3.63, 3.8) is 0 Å². The topological polar surface area (TPSA) is 41.6 Å². The van der Waals surface area contributed by atoms with E-state index in [4.69, 9.17) is 4.74 Å². The third-order valence-electron chi connectivity index (χ3n) is 4.82. The van der Waals surface area contributed by atoms with Gasteiger partial charge in [0.25, 0.3) is 0 Å². The van der Waals surface area contributed by atoms with Crippen molar-refractivity contribution in [2.75, 3.05) is 32.8 Å². The largest absolute Gasteiger partial charge is 0.465 e. The van der Waals surface area contributed by atoms with Gasteiger partial charge in [0.05, 0.1) is 6.61 Å². The summed E-state index contributed by atoms with van der Waals surface area (Å²) in [7, 11) is 0. The molecule has 0 aliphatic carbocycles. The number of nitrogens with zero attached hydrogens (tertiary/aromatic N) is 1. The van der Waals surface area contributed by atoms with E-state index in [-0.39, 0.29) is 11.5 Å². The number of rotatable bonds is 6. The third kappa shape index (κ3) is 3.34. The van der Waals surface area contributed by atoms with Gasteiger partial charge in [-0.2, -0.15) is 0 Å². The Hall–Kier alpha value is -0.610. The highest BCUT2D eigenvalue weighted by atomic mass is 16.5. The van der Waals surface area contributed by atoms with Crippen molar-refractivity contribution < 1.29 is 9.53 Å². The second-order valence-corrected chi connectivity index (χ2v) is 6.26. The van der Waals surface area contributed by atoms with E-state index in [1.54, 1.807) is 0 Å². The summed E-state index contributed by atoms with van der Waals surface area (Å²) >= 11 is 0. The summed E-state index contributed by atoms with van der Waals surface area (Å²) in [5, 5.41) is 3.48. The molecule has 2 aliphatic rings. The maximum absolute atomic E-state index is 12.5. The van der Waals surface area contributed by atoms with Gasteiger partial charge in [-0.1, -0.05) is 13.3 Å². The van der Waals surface area contributed by atoms with Gasteiger partial charge in [-0.05, 0) is 64.6 Å². The van der Waals surface area contributed by atoms with Crippen LogP contribution in [0.4, 0.5) is 0 Å². The molecular weight excluding hydrogens is 252 g/mol. The molecule has 0 aromatic heterocycles. The van der Waals surface area contributed by atoms with Gasteiger partial charge in [0.1, 0.15) is 5.54 Å². The molecule has 2 heterocycles. The molecule has 2 fully saturated rings. The molecule has 0 bridgehead atoms. The minimum absolute atomic E-state index is 0.0168. The highest BCUT2D eigenvalue weighted by molar-refractivity contribution is 5.81. The maximum Gasteiger partial charge on any atom is 0.326 e. The van der Waals surface area contributed by atoms with Crippen molar-refractivity contribution >= 4 is 5.97 Å². The van der Waals surface area contributed by atoms with Crippen molar-refractivity contribution in [1.29, 1.82) is 0 Å². The molecule has 0 saturated carbocycles. The second-order valence-electron chi connectivity index (χ2n) is 6.26. The summed E-state index contributed by atoms with van der Waals surface area (Å²) < 4.78 is 5.40. The van der Waals surface area contributed by atoms with Gasteiger partial charge >= 0.3 is 5.97 Å². The van der Waals surface area contributed by atoms with E-state index in [2.05, 4.69) is 17.1 Å². The van der Waals surface area contributed by atoms with E-state index in [0.29, 0.717) is 12.5 Å². The van der Waals surface area contributed by atoms with Crippen molar-refractivity contribution in [2.24, 2.45) is 5.92 Å².